The van der Waals surface area contributed by atoms with E-state index in [1.165, 1.54) is 12.3 Å². The quantitative estimate of drug-likeness (QED) is 0.537. The van der Waals surface area contributed by atoms with Crippen LogP contribution in [0.3, 0.4) is 0 Å². The third-order valence-corrected chi connectivity index (χ3v) is 4.35. The number of aromatic nitrogens is 1. The van der Waals surface area contributed by atoms with Gasteiger partial charge in [-0.25, -0.2) is 8.42 Å². The van der Waals surface area contributed by atoms with Crippen LogP contribution in [0.5, 0.6) is 0 Å². The smallest absolute Gasteiger partial charge is 0.270 e. The third kappa shape index (κ3) is 5.01. The van der Waals surface area contributed by atoms with Crippen molar-refractivity contribution in [1.82, 2.24) is 9.47 Å². The molecule has 0 saturated carbocycles. The van der Waals surface area contributed by atoms with Gasteiger partial charge in [-0.05, 0) is 18.9 Å². The van der Waals surface area contributed by atoms with Crippen molar-refractivity contribution >= 4 is 25.6 Å². The minimum atomic E-state index is -3.84. The van der Waals surface area contributed by atoms with E-state index in [1.807, 2.05) is 6.92 Å². The molecule has 1 aromatic heterocycles. The van der Waals surface area contributed by atoms with Gasteiger partial charge < -0.3 is 14.2 Å². The highest BCUT2D eigenvalue weighted by molar-refractivity contribution is 8.13. The topological polar surface area (TPSA) is 68.6 Å². The fourth-order valence-corrected chi connectivity index (χ4v) is 2.72. The van der Waals surface area contributed by atoms with E-state index in [4.69, 9.17) is 15.4 Å². The standard InChI is InChI=1S/C13H21ClN2O4S/c1-4-6-16-10-11(21(14,18)19)9-12(16)13(17)15(2)7-5-8-20-3/h9-10H,4-8H2,1-3H3. The van der Waals surface area contributed by atoms with Gasteiger partial charge in [-0.1, -0.05) is 6.92 Å². The van der Waals surface area contributed by atoms with Crippen LogP contribution in [0.4, 0.5) is 0 Å². The van der Waals surface area contributed by atoms with Crippen molar-refractivity contribution in [2.75, 3.05) is 27.3 Å². The SMILES string of the molecule is CCCn1cc(S(=O)(=O)Cl)cc1C(=O)N(C)CCCOC. The van der Waals surface area contributed by atoms with Gasteiger partial charge in [-0.2, -0.15) is 0 Å². The van der Waals surface area contributed by atoms with E-state index in [2.05, 4.69) is 0 Å². The lowest BCUT2D eigenvalue weighted by molar-refractivity contribution is 0.0768. The molecule has 0 spiro atoms. The van der Waals surface area contributed by atoms with Crippen LogP contribution in [0.1, 0.15) is 30.3 Å². The maximum atomic E-state index is 12.4. The van der Waals surface area contributed by atoms with Gasteiger partial charge in [0.25, 0.3) is 15.0 Å². The highest BCUT2D eigenvalue weighted by Gasteiger charge is 2.21. The minimum Gasteiger partial charge on any atom is -0.385 e. The first-order valence-corrected chi connectivity index (χ1v) is 9.01. The maximum Gasteiger partial charge on any atom is 0.270 e. The van der Waals surface area contributed by atoms with Crippen LogP contribution in [-0.2, 0) is 20.3 Å². The predicted octanol–water partition coefficient (Wildman–Crippen LogP) is 1.93. The molecule has 120 valence electrons. The number of carbonyl (C=O) groups excluding carboxylic acids is 1. The van der Waals surface area contributed by atoms with Crippen LogP contribution < -0.4 is 0 Å². The molecule has 1 rings (SSSR count). The fraction of sp³-hybridized carbons (Fsp3) is 0.615. The second-order valence-electron chi connectivity index (χ2n) is 4.77. The summed E-state index contributed by atoms with van der Waals surface area (Å²) in [6.45, 7) is 3.60. The average Bonchev–Trinajstić information content (AvgIpc) is 2.82. The monoisotopic (exact) mass is 336 g/mol. The third-order valence-electron chi connectivity index (χ3n) is 3.03. The molecule has 1 heterocycles. The van der Waals surface area contributed by atoms with Crippen LogP contribution >= 0.6 is 10.7 Å². The van der Waals surface area contributed by atoms with Gasteiger partial charge in [0.15, 0.2) is 0 Å². The molecule has 0 aliphatic carbocycles. The Labute approximate surface area is 130 Å². The van der Waals surface area contributed by atoms with E-state index in [0.717, 1.165) is 6.42 Å². The van der Waals surface area contributed by atoms with Gasteiger partial charge in [0.2, 0.25) is 0 Å². The Morgan fingerprint density at radius 2 is 2.14 bits per heavy atom. The Morgan fingerprint density at radius 3 is 2.67 bits per heavy atom. The van der Waals surface area contributed by atoms with E-state index in [0.29, 0.717) is 31.8 Å². The summed E-state index contributed by atoms with van der Waals surface area (Å²) < 4.78 is 29.4. The minimum absolute atomic E-state index is 0.0498. The maximum absolute atomic E-state index is 12.4. The lowest BCUT2D eigenvalue weighted by atomic mass is 10.3. The normalized spacial score (nSPS) is 11.6. The fourth-order valence-electron chi connectivity index (χ4n) is 1.97. The van der Waals surface area contributed by atoms with Crippen molar-refractivity contribution in [1.29, 1.82) is 0 Å². The molecule has 0 N–H and O–H groups in total. The Hall–Kier alpha value is -1.05. The molecule has 6 nitrogen and oxygen atoms in total. The summed E-state index contributed by atoms with van der Waals surface area (Å²) >= 11 is 0. The summed E-state index contributed by atoms with van der Waals surface area (Å²) in [6.07, 6.45) is 2.90. The van der Waals surface area contributed by atoms with Gasteiger partial charge in [-0.15, -0.1) is 0 Å². The van der Waals surface area contributed by atoms with Crippen LogP contribution in [0, 0.1) is 0 Å². The predicted molar refractivity (Wildman–Crippen MR) is 81.2 cm³/mol. The number of amides is 1. The summed E-state index contributed by atoms with van der Waals surface area (Å²) in [5, 5.41) is 0. The number of hydrogen-bond acceptors (Lipinski definition) is 4. The first kappa shape index (κ1) is 18.0. The van der Waals surface area contributed by atoms with Gasteiger partial charge in [0, 0.05) is 50.7 Å². The molecule has 0 radical (unpaired) electrons. The number of aryl methyl sites for hydroxylation is 1. The Kier molecular flexibility index (Phi) is 6.70. The van der Waals surface area contributed by atoms with Crippen molar-refractivity contribution in [2.24, 2.45) is 0 Å². The molecular formula is C13H21ClN2O4S. The lowest BCUT2D eigenvalue weighted by Gasteiger charge is -2.18. The molecule has 0 atom stereocenters. The van der Waals surface area contributed by atoms with Crippen molar-refractivity contribution < 1.29 is 17.9 Å². The Morgan fingerprint density at radius 1 is 1.48 bits per heavy atom. The van der Waals surface area contributed by atoms with Crippen LogP contribution in [0.25, 0.3) is 0 Å². The van der Waals surface area contributed by atoms with Crippen molar-refractivity contribution in [3.8, 4) is 0 Å². The molecule has 0 fully saturated rings. The number of rotatable bonds is 8. The largest absolute Gasteiger partial charge is 0.385 e. The molecule has 0 aliphatic heterocycles. The number of methoxy groups -OCH3 is 1. The van der Waals surface area contributed by atoms with Crippen LogP contribution in [0.2, 0.25) is 0 Å². The summed E-state index contributed by atoms with van der Waals surface area (Å²) in [5.74, 6) is -0.230. The highest BCUT2D eigenvalue weighted by Crippen LogP contribution is 2.20. The Balaban J connectivity index is 2.99. The van der Waals surface area contributed by atoms with Crippen LogP contribution in [0.15, 0.2) is 17.2 Å². The van der Waals surface area contributed by atoms with Gasteiger partial charge >= 0.3 is 0 Å². The van der Waals surface area contributed by atoms with E-state index >= 15 is 0 Å². The van der Waals surface area contributed by atoms with Crippen molar-refractivity contribution in [3.05, 3.63) is 18.0 Å². The van der Waals surface area contributed by atoms with Crippen LogP contribution in [-0.4, -0.2) is 51.1 Å². The molecule has 8 heteroatoms. The van der Waals surface area contributed by atoms with E-state index in [-0.39, 0.29) is 10.8 Å². The number of carbonyl (C=O) groups is 1. The molecule has 0 aliphatic rings. The molecule has 1 amide bonds. The molecular weight excluding hydrogens is 316 g/mol. The molecule has 0 aromatic carbocycles. The van der Waals surface area contributed by atoms with Gasteiger partial charge in [0.05, 0.1) is 0 Å². The first-order chi connectivity index (χ1) is 9.81. The lowest BCUT2D eigenvalue weighted by Crippen LogP contribution is -2.30. The zero-order chi connectivity index (χ0) is 16.0. The number of hydrogen-bond donors (Lipinski definition) is 0. The zero-order valence-corrected chi connectivity index (χ0v) is 14.1. The zero-order valence-electron chi connectivity index (χ0n) is 12.5. The molecule has 0 bridgehead atoms. The van der Waals surface area contributed by atoms with Crippen molar-refractivity contribution in [3.63, 3.8) is 0 Å². The summed E-state index contributed by atoms with van der Waals surface area (Å²) in [6, 6.07) is 1.33. The number of ether oxygens (including phenoxy) is 1. The Bertz CT molecular complexity index is 583. The van der Waals surface area contributed by atoms with Gasteiger partial charge in [0.1, 0.15) is 10.6 Å². The second-order valence-corrected chi connectivity index (χ2v) is 7.33. The van der Waals surface area contributed by atoms with Crippen molar-refractivity contribution in [2.45, 2.75) is 31.2 Å². The molecule has 1 aromatic rings. The van der Waals surface area contributed by atoms with Gasteiger partial charge in [-0.3, -0.25) is 4.79 Å². The summed E-state index contributed by atoms with van der Waals surface area (Å²) in [5.41, 5.74) is 0.330. The number of nitrogens with zero attached hydrogens (tertiary/aromatic N) is 2. The molecule has 0 saturated heterocycles. The summed E-state index contributed by atoms with van der Waals surface area (Å²) in [4.78, 5) is 13.9. The molecule has 0 unspecified atom stereocenters. The van der Waals surface area contributed by atoms with E-state index in [9.17, 15) is 13.2 Å². The molecule has 21 heavy (non-hydrogen) atoms. The van der Waals surface area contributed by atoms with E-state index < -0.39 is 9.05 Å². The van der Waals surface area contributed by atoms with E-state index in [1.54, 1.807) is 23.6 Å². The second kappa shape index (κ2) is 7.82. The first-order valence-electron chi connectivity index (χ1n) is 6.70. The highest BCUT2D eigenvalue weighted by atomic mass is 35.7. The average molecular weight is 337 g/mol. The number of halogens is 1. The summed E-state index contributed by atoms with van der Waals surface area (Å²) in [7, 11) is 4.79.